The lowest BCUT2D eigenvalue weighted by molar-refractivity contribution is 0.517. The van der Waals surface area contributed by atoms with Crippen LogP contribution in [0.4, 0.5) is 0 Å². The van der Waals surface area contributed by atoms with Crippen LogP contribution >= 0.6 is 12.6 Å². The Morgan fingerprint density at radius 1 is 1.43 bits per heavy atom. The van der Waals surface area contributed by atoms with Crippen molar-refractivity contribution in [3.05, 3.63) is 24.1 Å². The molecule has 0 saturated heterocycles. The number of rotatable bonds is 3. The number of aryl methyl sites for hydroxylation is 1. The maximum atomic E-state index is 5.59. The van der Waals surface area contributed by atoms with Crippen LogP contribution in [0, 0.1) is 0 Å². The van der Waals surface area contributed by atoms with E-state index in [1.54, 1.807) is 0 Å². The number of thiol groups is 1. The summed E-state index contributed by atoms with van der Waals surface area (Å²) in [6.45, 7) is 2.16. The lowest BCUT2D eigenvalue weighted by Gasteiger charge is -1.89. The third-order valence-electron chi connectivity index (χ3n) is 2.16. The Hall–Kier alpha value is -0.960. The third-order valence-corrected chi connectivity index (χ3v) is 2.44. The fraction of sp³-hybridized carbons (Fsp3) is 0.364. The van der Waals surface area contributed by atoms with Gasteiger partial charge in [0.25, 0.3) is 0 Å². The van der Waals surface area contributed by atoms with Gasteiger partial charge in [-0.25, -0.2) is 4.98 Å². The zero-order valence-corrected chi connectivity index (χ0v) is 9.05. The lowest BCUT2D eigenvalue weighted by Crippen LogP contribution is -1.82. The van der Waals surface area contributed by atoms with Crippen LogP contribution in [0.15, 0.2) is 27.5 Å². The van der Waals surface area contributed by atoms with E-state index in [1.807, 2.05) is 18.2 Å². The number of oxazole rings is 1. The van der Waals surface area contributed by atoms with Gasteiger partial charge in [0.1, 0.15) is 5.52 Å². The normalized spacial score (nSPS) is 11.0. The van der Waals surface area contributed by atoms with E-state index in [1.165, 1.54) is 0 Å². The Kier molecular flexibility index (Phi) is 2.77. The van der Waals surface area contributed by atoms with Gasteiger partial charge in [0, 0.05) is 11.3 Å². The summed E-state index contributed by atoms with van der Waals surface area (Å²) < 4.78 is 5.59. The summed E-state index contributed by atoms with van der Waals surface area (Å²) in [4.78, 5) is 5.30. The van der Waals surface area contributed by atoms with Crippen molar-refractivity contribution in [2.75, 3.05) is 0 Å². The molecule has 74 valence electrons. The molecule has 1 heterocycles. The molecule has 0 saturated carbocycles. The van der Waals surface area contributed by atoms with Gasteiger partial charge in [0.2, 0.25) is 0 Å². The van der Waals surface area contributed by atoms with Crippen LogP contribution in [-0.2, 0) is 6.42 Å². The average Bonchev–Trinajstić information content (AvgIpc) is 2.56. The van der Waals surface area contributed by atoms with E-state index in [-0.39, 0.29) is 0 Å². The second-order valence-corrected chi connectivity index (χ2v) is 3.88. The number of nitrogens with zero attached hydrogens (tertiary/aromatic N) is 1. The molecular weight excluding hydrogens is 194 g/mol. The van der Waals surface area contributed by atoms with E-state index in [2.05, 4.69) is 24.5 Å². The van der Waals surface area contributed by atoms with Gasteiger partial charge in [-0.05, 0) is 24.6 Å². The van der Waals surface area contributed by atoms with Crippen molar-refractivity contribution in [2.24, 2.45) is 0 Å². The largest absolute Gasteiger partial charge is 0.441 e. The van der Waals surface area contributed by atoms with Crippen LogP contribution in [0.25, 0.3) is 11.1 Å². The SMILES string of the molecule is CCCCc1nc2ccc(S)cc2o1. The lowest BCUT2D eigenvalue weighted by atomic mass is 10.2. The van der Waals surface area contributed by atoms with E-state index in [4.69, 9.17) is 4.42 Å². The van der Waals surface area contributed by atoms with Crippen LogP contribution < -0.4 is 0 Å². The van der Waals surface area contributed by atoms with E-state index in [0.29, 0.717) is 0 Å². The Morgan fingerprint density at radius 3 is 3.07 bits per heavy atom. The molecule has 0 fully saturated rings. The summed E-state index contributed by atoms with van der Waals surface area (Å²) in [5.74, 6) is 0.834. The molecule has 1 aromatic heterocycles. The molecule has 0 unspecified atom stereocenters. The molecule has 0 radical (unpaired) electrons. The van der Waals surface area contributed by atoms with Gasteiger partial charge in [-0.3, -0.25) is 0 Å². The van der Waals surface area contributed by atoms with E-state index < -0.39 is 0 Å². The minimum absolute atomic E-state index is 0.834. The molecule has 2 nitrogen and oxygen atoms in total. The van der Waals surface area contributed by atoms with Gasteiger partial charge in [0.15, 0.2) is 11.5 Å². The highest BCUT2D eigenvalue weighted by Crippen LogP contribution is 2.19. The molecule has 0 spiro atoms. The molecular formula is C11H13NOS. The average molecular weight is 207 g/mol. The summed E-state index contributed by atoms with van der Waals surface area (Å²) in [7, 11) is 0. The number of hydrogen-bond acceptors (Lipinski definition) is 3. The molecule has 1 aromatic carbocycles. The van der Waals surface area contributed by atoms with Gasteiger partial charge in [-0.2, -0.15) is 0 Å². The molecule has 0 aliphatic rings. The molecule has 0 amide bonds. The van der Waals surface area contributed by atoms with Gasteiger partial charge < -0.3 is 4.42 Å². The van der Waals surface area contributed by atoms with Gasteiger partial charge in [-0.1, -0.05) is 13.3 Å². The molecule has 0 aliphatic heterocycles. The summed E-state index contributed by atoms with van der Waals surface area (Å²) in [5, 5.41) is 0. The summed E-state index contributed by atoms with van der Waals surface area (Å²) in [6.07, 6.45) is 3.21. The Labute approximate surface area is 88.7 Å². The van der Waals surface area contributed by atoms with Crippen molar-refractivity contribution in [2.45, 2.75) is 31.1 Å². The summed E-state index contributed by atoms with van der Waals surface area (Å²) in [6, 6.07) is 5.77. The van der Waals surface area contributed by atoms with Crippen molar-refractivity contribution in [3.8, 4) is 0 Å². The highest BCUT2D eigenvalue weighted by atomic mass is 32.1. The summed E-state index contributed by atoms with van der Waals surface area (Å²) in [5.41, 5.74) is 1.76. The van der Waals surface area contributed by atoms with Crippen LogP contribution in [-0.4, -0.2) is 4.98 Å². The van der Waals surface area contributed by atoms with Crippen molar-refractivity contribution in [1.82, 2.24) is 4.98 Å². The molecule has 14 heavy (non-hydrogen) atoms. The van der Waals surface area contributed by atoms with E-state index in [0.717, 1.165) is 41.1 Å². The van der Waals surface area contributed by atoms with Crippen molar-refractivity contribution < 1.29 is 4.42 Å². The first-order chi connectivity index (χ1) is 6.79. The Balaban J connectivity index is 2.32. The number of benzene rings is 1. The minimum Gasteiger partial charge on any atom is -0.441 e. The zero-order valence-electron chi connectivity index (χ0n) is 8.16. The fourth-order valence-corrected chi connectivity index (χ4v) is 1.59. The maximum absolute atomic E-state index is 5.59. The molecule has 0 aliphatic carbocycles. The fourth-order valence-electron chi connectivity index (χ4n) is 1.40. The van der Waals surface area contributed by atoms with Crippen LogP contribution in [0.2, 0.25) is 0 Å². The molecule has 2 aromatic rings. The van der Waals surface area contributed by atoms with Crippen LogP contribution in [0.3, 0.4) is 0 Å². The smallest absolute Gasteiger partial charge is 0.195 e. The number of hydrogen-bond donors (Lipinski definition) is 1. The molecule has 2 rings (SSSR count). The predicted octanol–water partition coefficient (Wildman–Crippen LogP) is 3.46. The minimum atomic E-state index is 0.834. The number of unbranched alkanes of at least 4 members (excludes halogenated alkanes) is 1. The van der Waals surface area contributed by atoms with Crippen LogP contribution in [0.5, 0.6) is 0 Å². The second kappa shape index (κ2) is 4.05. The number of aromatic nitrogens is 1. The number of fused-ring (bicyclic) bond motifs is 1. The Morgan fingerprint density at radius 2 is 2.29 bits per heavy atom. The van der Waals surface area contributed by atoms with E-state index >= 15 is 0 Å². The first-order valence-electron chi connectivity index (χ1n) is 4.88. The maximum Gasteiger partial charge on any atom is 0.195 e. The van der Waals surface area contributed by atoms with Crippen LogP contribution in [0.1, 0.15) is 25.7 Å². The van der Waals surface area contributed by atoms with E-state index in [9.17, 15) is 0 Å². The Bertz CT molecular complexity index is 436. The third kappa shape index (κ3) is 1.93. The van der Waals surface area contributed by atoms with Crippen molar-refractivity contribution in [1.29, 1.82) is 0 Å². The summed E-state index contributed by atoms with van der Waals surface area (Å²) >= 11 is 4.25. The first-order valence-corrected chi connectivity index (χ1v) is 5.32. The van der Waals surface area contributed by atoms with Gasteiger partial charge in [-0.15, -0.1) is 12.6 Å². The van der Waals surface area contributed by atoms with Crippen molar-refractivity contribution >= 4 is 23.7 Å². The monoisotopic (exact) mass is 207 g/mol. The topological polar surface area (TPSA) is 26.0 Å². The predicted molar refractivity (Wildman–Crippen MR) is 59.9 cm³/mol. The quantitative estimate of drug-likeness (QED) is 0.780. The molecule has 3 heteroatoms. The highest BCUT2D eigenvalue weighted by molar-refractivity contribution is 7.80. The first kappa shape index (κ1) is 9.59. The second-order valence-electron chi connectivity index (χ2n) is 3.36. The van der Waals surface area contributed by atoms with Gasteiger partial charge >= 0.3 is 0 Å². The van der Waals surface area contributed by atoms with Crippen molar-refractivity contribution in [3.63, 3.8) is 0 Å². The standard InChI is InChI=1S/C11H13NOS/c1-2-3-4-11-12-9-6-5-8(14)7-10(9)13-11/h5-7,14H,2-4H2,1H3. The highest BCUT2D eigenvalue weighted by Gasteiger charge is 2.04. The zero-order chi connectivity index (χ0) is 9.97. The molecule has 0 atom stereocenters. The molecule has 0 bridgehead atoms. The molecule has 0 N–H and O–H groups in total. The van der Waals surface area contributed by atoms with Gasteiger partial charge in [0.05, 0.1) is 0 Å².